The van der Waals surface area contributed by atoms with Gasteiger partial charge in [-0.15, -0.1) is 0 Å². The number of ether oxygens (including phenoxy) is 3. The normalized spacial score (nSPS) is 29.9. The molecule has 1 rings (SSSR count). The first-order chi connectivity index (χ1) is 8.60. The molecule has 0 aromatic rings. The summed E-state index contributed by atoms with van der Waals surface area (Å²) in [6, 6.07) is 0. The summed E-state index contributed by atoms with van der Waals surface area (Å²) in [5, 5.41) is 0. The maximum absolute atomic E-state index is 12.1. The molecule has 1 saturated heterocycles. The minimum atomic E-state index is -0.850. The number of rotatable bonds is 4. The summed E-state index contributed by atoms with van der Waals surface area (Å²) in [5.74, 6) is -0.615. The highest BCUT2D eigenvalue weighted by atomic mass is 79.9. The van der Waals surface area contributed by atoms with Crippen molar-refractivity contribution in [1.29, 1.82) is 0 Å². The van der Waals surface area contributed by atoms with Crippen molar-refractivity contribution < 1.29 is 19.0 Å². The van der Waals surface area contributed by atoms with E-state index in [9.17, 15) is 4.79 Å². The van der Waals surface area contributed by atoms with Gasteiger partial charge in [-0.2, -0.15) is 0 Å². The molecule has 1 aliphatic rings. The minimum Gasteiger partial charge on any atom is -0.465 e. The van der Waals surface area contributed by atoms with Gasteiger partial charge < -0.3 is 14.2 Å². The molecule has 19 heavy (non-hydrogen) atoms. The maximum Gasteiger partial charge on any atom is 0.325 e. The van der Waals surface area contributed by atoms with Crippen LogP contribution < -0.4 is 0 Å². The average Bonchev–Trinajstić information content (AvgIpc) is 2.27. The zero-order chi connectivity index (χ0) is 14.8. The van der Waals surface area contributed by atoms with Gasteiger partial charge in [0.1, 0.15) is 4.32 Å². The van der Waals surface area contributed by atoms with Crippen LogP contribution in [-0.4, -0.2) is 34.9 Å². The zero-order valence-electron chi connectivity index (χ0n) is 12.7. The second kappa shape index (κ2) is 6.10. The van der Waals surface area contributed by atoms with E-state index in [1.165, 1.54) is 0 Å². The number of hydrogen-bond acceptors (Lipinski definition) is 4. The van der Waals surface area contributed by atoms with Gasteiger partial charge in [-0.25, -0.2) is 0 Å². The number of esters is 1. The van der Waals surface area contributed by atoms with Crippen LogP contribution >= 0.6 is 15.9 Å². The molecule has 5 heteroatoms. The fraction of sp³-hybridized carbons (Fsp3) is 0.929. The van der Waals surface area contributed by atoms with Gasteiger partial charge in [0.15, 0.2) is 5.79 Å². The van der Waals surface area contributed by atoms with E-state index in [1.807, 2.05) is 13.8 Å². The average molecular weight is 337 g/mol. The summed E-state index contributed by atoms with van der Waals surface area (Å²) in [4.78, 5) is 12.1. The molecule has 1 aliphatic heterocycles. The molecule has 112 valence electrons. The van der Waals surface area contributed by atoms with E-state index in [0.717, 1.165) is 0 Å². The third kappa shape index (κ3) is 4.17. The van der Waals surface area contributed by atoms with Crippen molar-refractivity contribution in [2.45, 2.75) is 70.3 Å². The Morgan fingerprint density at radius 3 is 2.53 bits per heavy atom. The lowest BCUT2D eigenvalue weighted by Crippen LogP contribution is -2.55. The molecular weight excluding hydrogens is 312 g/mol. The highest BCUT2D eigenvalue weighted by Gasteiger charge is 2.48. The Morgan fingerprint density at radius 1 is 1.47 bits per heavy atom. The molecule has 0 aromatic heterocycles. The molecule has 1 fully saturated rings. The largest absolute Gasteiger partial charge is 0.465 e. The summed E-state index contributed by atoms with van der Waals surface area (Å²) in [6.45, 7) is 11.9. The molecule has 4 nitrogen and oxygen atoms in total. The monoisotopic (exact) mass is 336 g/mol. The molecule has 3 atom stereocenters. The first-order valence-corrected chi connectivity index (χ1v) is 7.61. The van der Waals surface area contributed by atoms with Crippen LogP contribution in [0.5, 0.6) is 0 Å². The number of alkyl halides is 1. The van der Waals surface area contributed by atoms with Crippen LogP contribution in [0.25, 0.3) is 0 Å². The molecule has 0 radical (unpaired) electrons. The van der Waals surface area contributed by atoms with Gasteiger partial charge in [-0.1, -0.05) is 29.8 Å². The smallest absolute Gasteiger partial charge is 0.325 e. The molecule has 0 N–H and O–H groups in total. The molecule has 0 saturated carbocycles. The zero-order valence-corrected chi connectivity index (χ0v) is 14.2. The summed E-state index contributed by atoms with van der Waals surface area (Å²) in [6.07, 6.45) is 0.463. The maximum atomic E-state index is 12.1. The number of hydrogen-bond donors (Lipinski definition) is 0. The fourth-order valence-electron chi connectivity index (χ4n) is 2.19. The quantitative estimate of drug-likeness (QED) is 0.583. The van der Waals surface area contributed by atoms with Crippen molar-refractivity contribution in [3.05, 3.63) is 0 Å². The number of halogens is 1. The Kier molecular flexibility index (Phi) is 5.43. The molecule has 0 aromatic carbocycles. The summed E-state index contributed by atoms with van der Waals surface area (Å²) >= 11 is 3.48. The Labute approximate surface area is 124 Å². The third-order valence-electron chi connectivity index (χ3n) is 3.33. The second-order valence-corrected chi connectivity index (χ2v) is 7.59. The number of carbonyl (C=O) groups is 1. The first-order valence-electron chi connectivity index (χ1n) is 6.82. The van der Waals surface area contributed by atoms with E-state index in [1.54, 1.807) is 13.8 Å². The van der Waals surface area contributed by atoms with Gasteiger partial charge in [0.25, 0.3) is 0 Å². The first kappa shape index (κ1) is 16.9. The van der Waals surface area contributed by atoms with Crippen LogP contribution in [-0.2, 0) is 19.0 Å². The van der Waals surface area contributed by atoms with Gasteiger partial charge in [0.05, 0.1) is 18.8 Å². The van der Waals surface area contributed by atoms with E-state index in [4.69, 9.17) is 14.2 Å². The lowest BCUT2D eigenvalue weighted by molar-refractivity contribution is -0.309. The van der Waals surface area contributed by atoms with Crippen molar-refractivity contribution in [1.82, 2.24) is 0 Å². The van der Waals surface area contributed by atoms with Crippen LogP contribution in [0.2, 0.25) is 0 Å². The molecule has 1 heterocycles. The van der Waals surface area contributed by atoms with E-state index in [-0.39, 0.29) is 18.2 Å². The Morgan fingerprint density at radius 2 is 2.05 bits per heavy atom. The van der Waals surface area contributed by atoms with Gasteiger partial charge in [0, 0.05) is 6.42 Å². The van der Waals surface area contributed by atoms with Crippen LogP contribution in [0.3, 0.4) is 0 Å². The van der Waals surface area contributed by atoms with Gasteiger partial charge >= 0.3 is 5.97 Å². The lowest BCUT2D eigenvalue weighted by Gasteiger charge is -2.45. The molecule has 0 aliphatic carbocycles. The van der Waals surface area contributed by atoms with E-state index >= 15 is 0 Å². The molecular formula is C14H25BrO4. The standard InChI is InChI=1S/C14H25BrO4/c1-7-17-12(16)14(6,15)11-8-10(9(2)3)18-13(4,5)19-11/h9-11H,7-8H2,1-6H3/t10-,11+,14?/m1/s1. The Bertz CT molecular complexity index is 325. The third-order valence-corrected chi connectivity index (χ3v) is 4.16. The summed E-state index contributed by atoms with van der Waals surface area (Å²) in [5.41, 5.74) is 0. The van der Waals surface area contributed by atoms with Gasteiger partial charge in [0.2, 0.25) is 0 Å². The van der Waals surface area contributed by atoms with Crippen molar-refractivity contribution in [3.63, 3.8) is 0 Å². The van der Waals surface area contributed by atoms with E-state index < -0.39 is 10.1 Å². The molecule has 0 bridgehead atoms. The Balaban J connectivity index is 2.89. The van der Waals surface area contributed by atoms with Crippen molar-refractivity contribution in [2.75, 3.05) is 6.61 Å². The van der Waals surface area contributed by atoms with Gasteiger partial charge in [-0.3, -0.25) is 4.79 Å². The topological polar surface area (TPSA) is 44.8 Å². The highest BCUT2D eigenvalue weighted by molar-refractivity contribution is 9.10. The highest BCUT2D eigenvalue weighted by Crippen LogP contribution is 2.38. The van der Waals surface area contributed by atoms with Crippen molar-refractivity contribution >= 4 is 21.9 Å². The summed E-state index contributed by atoms with van der Waals surface area (Å²) < 4.78 is 16.1. The van der Waals surface area contributed by atoms with Gasteiger partial charge in [-0.05, 0) is 33.6 Å². The predicted octanol–water partition coefficient (Wildman–Crippen LogP) is 3.27. The van der Waals surface area contributed by atoms with Crippen molar-refractivity contribution in [3.8, 4) is 0 Å². The SMILES string of the molecule is CCOC(=O)C(C)(Br)[C@@H]1C[C@H](C(C)C)OC(C)(C)O1. The molecule has 0 spiro atoms. The minimum absolute atomic E-state index is 0.0695. The Hall–Kier alpha value is -0.130. The van der Waals surface area contributed by atoms with Crippen molar-refractivity contribution in [2.24, 2.45) is 5.92 Å². The predicted molar refractivity (Wildman–Crippen MR) is 77.2 cm³/mol. The number of carbonyl (C=O) groups excluding carboxylic acids is 1. The lowest BCUT2D eigenvalue weighted by atomic mass is 9.92. The van der Waals surface area contributed by atoms with E-state index in [0.29, 0.717) is 18.9 Å². The molecule has 0 amide bonds. The van der Waals surface area contributed by atoms with E-state index in [2.05, 4.69) is 29.8 Å². The molecule has 1 unspecified atom stereocenters. The van der Waals surface area contributed by atoms with Crippen LogP contribution in [0.15, 0.2) is 0 Å². The summed E-state index contributed by atoms with van der Waals surface area (Å²) in [7, 11) is 0. The van der Waals surface area contributed by atoms with Crippen LogP contribution in [0.4, 0.5) is 0 Å². The second-order valence-electron chi connectivity index (χ2n) is 5.94. The van der Waals surface area contributed by atoms with Crippen LogP contribution in [0, 0.1) is 5.92 Å². The van der Waals surface area contributed by atoms with Crippen LogP contribution in [0.1, 0.15) is 48.0 Å². The fourth-order valence-corrected chi connectivity index (χ4v) is 2.58.